The Morgan fingerprint density at radius 1 is 1.30 bits per heavy atom. The summed E-state index contributed by atoms with van der Waals surface area (Å²) >= 11 is 6.25. The van der Waals surface area contributed by atoms with E-state index >= 15 is 0 Å². The highest BCUT2D eigenvalue weighted by molar-refractivity contribution is 6.33. The van der Waals surface area contributed by atoms with Gasteiger partial charge in [-0.2, -0.15) is 0 Å². The Balaban J connectivity index is 2.38. The zero-order valence-corrected chi connectivity index (χ0v) is 12.2. The lowest BCUT2D eigenvalue weighted by Crippen LogP contribution is -2.22. The molecule has 0 aliphatic heterocycles. The van der Waals surface area contributed by atoms with Gasteiger partial charge in [0, 0.05) is 24.5 Å². The molecule has 0 aliphatic rings. The van der Waals surface area contributed by atoms with Crippen LogP contribution in [0, 0.1) is 0 Å². The number of aromatic nitrogens is 1. The van der Waals surface area contributed by atoms with Gasteiger partial charge in [0.1, 0.15) is 5.75 Å². The van der Waals surface area contributed by atoms with E-state index in [-0.39, 0.29) is 0 Å². The first-order valence-electron chi connectivity index (χ1n) is 6.48. The Hall–Kier alpha value is -1.78. The number of hydrogen-bond acceptors (Lipinski definition) is 4. The van der Waals surface area contributed by atoms with Crippen LogP contribution in [0.5, 0.6) is 5.75 Å². The van der Waals surface area contributed by atoms with Gasteiger partial charge in [-0.05, 0) is 37.2 Å². The minimum atomic E-state index is 0.616. The van der Waals surface area contributed by atoms with Gasteiger partial charge in [0.05, 0.1) is 12.1 Å². The van der Waals surface area contributed by atoms with Crippen LogP contribution < -0.4 is 15.4 Å². The Labute approximate surface area is 124 Å². The van der Waals surface area contributed by atoms with Crippen LogP contribution >= 0.6 is 11.6 Å². The van der Waals surface area contributed by atoms with E-state index in [9.17, 15) is 0 Å². The van der Waals surface area contributed by atoms with Crippen LogP contribution in [0.2, 0.25) is 5.02 Å². The second-order valence-corrected chi connectivity index (χ2v) is 4.71. The smallest absolute Gasteiger partial charge is 0.151 e. The SMILES string of the molecule is COc1cccc(N(CCCN)c2ncccc2Cl)c1. The third-order valence-corrected chi connectivity index (χ3v) is 3.24. The van der Waals surface area contributed by atoms with Crippen LogP contribution in [-0.2, 0) is 0 Å². The van der Waals surface area contributed by atoms with Crippen LogP contribution in [0.3, 0.4) is 0 Å². The van der Waals surface area contributed by atoms with E-state index in [1.54, 1.807) is 13.3 Å². The largest absolute Gasteiger partial charge is 0.497 e. The number of nitrogens with zero attached hydrogens (tertiary/aromatic N) is 2. The molecule has 0 spiro atoms. The Morgan fingerprint density at radius 2 is 2.15 bits per heavy atom. The van der Waals surface area contributed by atoms with Crippen molar-refractivity contribution in [3.63, 3.8) is 0 Å². The molecule has 0 atom stereocenters. The molecule has 106 valence electrons. The molecule has 0 saturated carbocycles. The van der Waals surface area contributed by atoms with Crippen molar-refractivity contribution in [1.29, 1.82) is 0 Å². The van der Waals surface area contributed by atoms with Gasteiger partial charge in [-0.1, -0.05) is 17.7 Å². The van der Waals surface area contributed by atoms with Gasteiger partial charge in [-0.25, -0.2) is 4.98 Å². The summed E-state index contributed by atoms with van der Waals surface area (Å²) in [4.78, 5) is 6.43. The van der Waals surface area contributed by atoms with Crippen LogP contribution in [0.15, 0.2) is 42.6 Å². The molecule has 1 aromatic carbocycles. The van der Waals surface area contributed by atoms with Gasteiger partial charge in [-0.3, -0.25) is 0 Å². The second kappa shape index (κ2) is 7.12. The van der Waals surface area contributed by atoms with E-state index in [2.05, 4.69) is 9.88 Å². The van der Waals surface area contributed by atoms with Crippen LogP contribution in [-0.4, -0.2) is 25.2 Å². The first-order chi connectivity index (χ1) is 9.76. The number of nitrogens with two attached hydrogens (primary N) is 1. The van der Waals surface area contributed by atoms with Crippen molar-refractivity contribution < 1.29 is 4.74 Å². The van der Waals surface area contributed by atoms with Gasteiger partial charge < -0.3 is 15.4 Å². The average molecular weight is 292 g/mol. The fourth-order valence-corrected chi connectivity index (χ4v) is 2.18. The fourth-order valence-electron chi connectivity index (χ4n) is 1.96. The van der Waals surface area contributed by atoms with Crippen LogP contribution in [0.25, 0.3) is 0 Å². The molecule has 2 rings (SSSR count). The summed E-state index contributed by atoms with van der Waals surface area (Å²) in [7, 11) is 1.65. The third-order valence-electron chi connectivity index (χ3n) is 2.95. The maximum atomic E-state index is 6.25. The van der Waals surface area contributed by atoms with Crippen molar-refractivity contribution in [3.05, 3.63) is 47.6 Å². The molecule has 4 nitrogen and oxygen atoms in total. The van der Waals surface area contributed by atoms with Crippen molar-refractivity contribution in [2.75, 3.05) is 25.1 Å². The molecule has 2 aromatic rings. The number of benzene rings is 1. The lowest BCUT2D eigenvalue weighted by atomic mass is 10.2. The highest BCUT2D eigenvalue weighted by Gasteiger charge is 2.14. The van der Waals surface area contributed by atoms with E-state index in [1.807, 2.05) is 36.4 Å². The lowest BCUT2D eigenvalue weighted by Gasteiger charge is -2.24. The number of hydrogen-bond donors (Lipinski definition) is 1. The quantitative estimate of drug-likeness (QED) is 0.888. The molecule has 0 amide bonds. The Bertz CT molecular complexity index is 562. The van der Waals surface area contributed by atoms with Gasteiger partial charge in [0.2, 0.25) is 0 Å². The molecule has 0 unspecified atom stereocenters. The molecular formula is C15H18ClN3O. The molecule has 1 heterocycles. The van der Waals surface area contributed by atoms with E-state index in [0.717, 1.165) is 30.2 Å². The topological polar surface area (TPSA) is 51.4 Å². The van der Waals surface area contributed by atoms with Gasteiger partial charge in [0.25, 0.3) is 0 Å². The Morgan fingerprint density at radius 3 is 2.85 bits per heavy atom. The Kier molecular flexibility index (Phi) is 5.21. The first kappa shape index (κ1) is 14.6. The second-order valence-electron chi connectivity index (χ2n) is 4.30. The summed E-state index contributed by atoms with van der Waals surface area (Å²) < 4.78 is 5.27. The fraction of sp³-hybridized carbons (Fsp3) is 0.267. The summed E-state index contributed by atoms with van der Waals surface area (Å²) in [5, 5.41) is 0.618. The number of rotatable bonds is 6. The van der Waals surface area contributed by atoms with Gasteiger partial charge in [-0.15, -0.1) is 0 Å². The van der Waals surface area contributed by atoms with Crippen molar-refractivity contribution in [3.8, 4) is 5.75 Å². The predicted molar refractivity (Wildman–Crippen MR) is 82.9 cm³/mol. The van der Waals surface area contributed by atoms with Crippen molar-refractivity contribution in [2.24, 2.45) is 5.73 Å². The number of anilines is 2. The minimum absolute atomic E-state index is 0.616. The summed E-state index contributed by atoms with van der Waals surface area (Å²) in [6.07, 6.45) is 2.58. The molecule has 0 radical (unpaired) electrons. The maximum absolute atomic E-state index is 6.25. The molecule has 2 N–H and O–H groups in total. The lowest BCUT2D eigenvalue weighted by molar-refractivity contribution is 0.415. The molecule has 0 fully saturated rings. The number of ether oxygens (including phenoxy) is 1. The molecule has 1 aromatic heterocycles. The average Bonchev–Trinajstić information content (AvgIpc) is 2.49. The first-order valence-corrected chi connectivity index (χ1v) is 6.86. The van der Waals surface area contributed by atoms with Gasteiger partial charge in [0.15, 0.2) is 5.82 Å². The van der Waals surface area contributed by atoms with E-state index < -0.39 is 0 Å². The minimum Gasteiger partial charge on any atom is -0.497 e. The third kappa shape index (κ3) is 3.40. The molecule has 0 saturated heterocycles. The zero-order chi connectivity index (χ0) is 14.4. The number of pyridine rings is 1. The molecule has 20 heavy (non-hydrogen) atoms. The van der Waals surface area contributed by atoms with Crippen molar-refractivity contribution >= 4 is 23.1 Å². The zero-order valence-electron chi connectivity index (χ0n) is 11.4. The summed E-state index contributed by atoms with van der Waals surface area (Å²) in [6, 6.07) is 11.5. The highest BCUT2D eigenvalue weighted by atomic mass is 35.5. The molecular weight excluding hydrogens is 274 g/mol. The highest BCUT2D eigenvalue weighted by Crippen LogP contribution is 2.31. The van der Waals surface area contributed by atoms with Crippen molar-refractivity contribution in [1.82, 2.24) is 4.98 Å². The van der Waals surface area contributed by atoms with E-state index in [4.69, 9.17) is 22.1 Å². The number of methoxy groups -OCH3 is 1. The predicted octanol–water partition coefficient (Wildman–Crippen LogP) is 3.23. The standard InChI is InChI=1S/C15H18ClN3O/c1-20-13-6-2-5-12(11-13)19(10-4-8-17)15-14(16)7-3-9-18-15/h2-3,5-7,9,11H,4,8,10,17H2,1H3. The molecule has 0 aliphatic carbocycles. The van der Waals surface area contributed by atoms with Crippen LogP contribution in [0.4, 0.5) is 11.5 Å². The van der Waals surface area contributed by atoms with Gasteiger partial charge >= 0.3 is 0 Å². The monoisotopic (exact) mass is 291 g/mol. The van der Waals surface area contributed by atoms with E-state index in [0.29, 0.717) is 11.6 Å². The van der Waals surface area contributed by atoms with Crippen LogP contribution in [0.1, 0.15) is 6.42 Å². The van der Waals surface area contributed by atoms with E-state index in [1.165, 1.54) is 0 Å². The number of halogens is 1. The summed E-state index contributed by atoms with van der Waals surface area (Å²) in [6.45, 7) is 1.37. The molecule has 0 bridgehead atoms. The molecule has 5 heteroatoms. The summed E-state index contributed by atoms with van der Waals surface area (Å²) in [5.41, 5.74) is 6.61. The maximum Gasteiger partial charge on any atom is 0.151 e. The van der Waals surface area contributed by atoms with Crippen molar-refractivity contribution in [2.45, 2.75) is 6.42 Å². The summed E-state index contributed by atoms with van der Waals surface area (Å²) in [5.74, 6) is 1.53. The normalized spacial score (nSPS) is 10.3.